The molecule has 2 atom stereocenters. The maximum absolute atomic E-state index is 11.4. The number of aldehydes is 1. The summed E-state index contributed by atoms with van der Waals surface area (Å²) in [6.07, 6.45) is 10.0. The molecule has 1 aliphatic heterocycles. The lowest BCUT2D eigenvalue weighted by Crippen LogP contribution is -2.53. The van der Waals surface area contributed by atoms with Gasteiger partial charge in [-0.2, -0.15) is 0 Å². The minimum Gasteiger partial charge on any atom is -0.396 e. The highest BCUT2D eigenvalue weighted by molar-refractivity contribution is 9.10. The van der Waals surface area contributed by atoms with E-state index >= 15 is 0 Å². The second-order valence-corrected chi connectivity index (χ2v) is 7.89. The number of carbonyl (C=O) groups excluding carboxylic acids is 1. The van der Waals surface area contributed by atoms with Crippen LogP contribution in [0.2, 0.25) is 0 Å². The molecule has 5 nitrogen and oxygen atoms in total. The number of carbonyl (C=O) groups is 1. The standard InChI is InChI=1S/C18H26BrN3O2/c19-15-8-13(11-23)18(20-9-15)22-7-6-17(14(10-22)12-24)21-16-4-2-1-3-5-16/h8-9,11,14,16-17,21,24H,1-7,10,12H2. The number of aliphatic hydroxyl groups excluding tert-OH is 1. The Hall–Kier alpha value is -0.980. The second-order valence-electron chi connectivity index (χ2n) is 6.97. The van der Waals surface area contributed by atoms with Crippen molar-refractivity contribution in [2.45, 2.75) is 50.6 Å². The van der Waals surface area contributed by atoms with Gasteiger partial charge >= 0.3 is 0 Å². The summed E-state index contributed by atoms with van der Waals surface area (Å²) in [6, 6.07) is 2.75. The third-order valence-corrected chi connectivity index (χ3v) is 5.75. The number of aliphatic hydroxyl groups is 1. The average Bonchev–Trinajstić information content (AvgIpc) is 2.63. The molecule has 1 saturated carbocycles. The number of piperidine rings is 1. The number of nitrogens with zero attached hydrogens (tertiary/aromatic N) is 2. The fourth-order valence-electron chi connectivity index (χ4n) is 4.00. The minimum atomic E-state index is 0.161. The molecule has 1 aromatic heterocycles. The molecule has 0 aromatic carbocycles. The first-order valence-corrected chi connectivity index (χ1v) is 9.73. The van der Waals surface area contributed by atoms with Gasteiger partial charge in [0.15, 0.2) is 6.29 Å². The SMILES string of the molecule is O=Cc1cc(Br)cnc1N1CCC(NC2CCCCC2)C(CO)C1. The Labute approximate surface area is 152 Å². The van der Waals surface area contributed by atoms with Crippen LogP contribution in [0.15, 0.2) is 16.7 Å². The molecule has 0 spiro atoms. The summed E-state index contributed by atoms with van der Waals surface area (Å²) in [7, 11) is 0. The molecule has 6 heteroatoms. The van der Waals surface area contributed by atoms with Crippen molar-refractivity contribution in [3.63, 3.8) is 0 Å². The van der Waals surface area contributed by atoms with Gasteiger partial charge in [0.05, 0.1) is 5.56 Å². The summed E-state index contributed by atoms with van der Waals surface area (Å²) in [6.45, 7) is 1.75. The summed E-state index contributed by atoms with van der Waals surface area (Å²) in [5, 5.41) is 13.6. The fraction of sp³-hybridized carbons (Fsp3) is 0.667. The van der Waals surface area contributed by atoms with Crippen LogP contribution in [0.3, 0.4) is 0 Å². The molecule has 2 fully saturated rings. The highest BCUT2D eigenvalue weighted by atomic mass is 79.9. The molecule has 3 rings (SSSR count). The molecule has 2 N–H and O–H groups in total. The van der Waals surface area contributed by atoms with E-state index in [9.17, 15) is 9.90 Å². The zero-order valence-electron chi connectivity index (χ0n) is 14.0. The van der Waals surface area contributed by atoms with Crippen LogP contribution in [0.25, 0.3) is 0 Å². The van der Waals surface area contributed by atoms with Crippen LogP contribution in [-0.2, 0) is 0 Å². The maximum atomic E-state index is 11.4. The average molecular weight is 396 g/mol. The van der Waals surface area contributed by atoms with E-state index in [0.29, 0.717) is 17.6 Å². The molecular weight excluding hydrogens is 370 g/mol. The van der Waals surface area contributed by atoms with Gasteiger partial charge in [-0.3, -0.25) is 4.79 Å². The number of anilines is 1. The molecular formula is C18H26BrN3O2. The lowest BCUT2D eigenvalue weighted by atomic mass is 9.89. The van der Waals surface area contributed by atoms with Crippen molar-refractivity contribution in [3.8, 4) is 0 Å². The number of hydrogen-bond donors (Lipinski definition) is 2. The molecule has 2 unspecified atom stereocenters. The van der Waals surface area contributed by atoms with E-state index in [1.165, 1.54) is 32.1 Å². The number of nitrogens with one attached hydrogen (secondary N) is 1. The molecule has 0 radical (unpaired) electrons. The first kappa shape index (κ1) is 17.8. The summed E-state index contributed by atoms with van der Waals surface area (Å²) in [5.74, 6) is 0.897. The smallest absolute Gasteiger partial charge is 0.153 e. The monoisotopic (exact) mass is 395 g/mol. The van der Waals surface area contributed by atoms with Gasteiger partial charge in [0, 0.05) is 48.4 Å². The Balaban J connectivity index is 1.67. The van der Waals surface area contributed by atoms with Gasteiger partial charge in [0.1, 0.15) is 5.82 Å². The topological polar surface area (TPSA) is 65.5 Å². The zero-order valence-corrected chi connectivity index (χ0v) is 15.5. The summed E-state index contributed by atoms with van der Waals surface area (Å²) < 4.78 is 0.806. The minimum absolute atomic E-state index is 0.161. The number of hydrogen-bond acceptors (Lipinski definition) is 5. The van der Waals surface area contributed by atoms with Crippen molar-refractivity contribution in [3.05, 3.63) is 22.3 Å². The van der Waals surface area contributed by atoms with Crippen molar-refractivity contribution in [1.82, 2.24) is 10.3 Å². The van der Waals surface area contributed by atoms with Crippen molar-refractivity contribution < 1.29 is 9.90 Å². The van der Waals surface area contributed by atoms with Gasteiger partial charge in [-0.15, -0.1) is 0 Å². The Morgan fingerprint density at radius 1 is 1.33 bits per heavy atom. The normalized spacial score (nSPS) is 25.7. The Kier molecular flexibility index (Phi) is 6.25. The largest absolute Gasteiger partial charge is 0.396 e. The molecule has 24 heavy (non-hydrogen) atoms. The van der Waals surface area contributed by atoms with Crippen LogP contribution in [-0.4, -0.2) is 48.2 Å². The highest BCUT2D eigenvalue weighted by Crippen LogP contribution is 2.27. The Morgan fingerprint density at radius 3 is 2.83 bits per heavy atom. The summed E-state index contributed by atoms with van der Waals surface area (Å²) in [5.41, 5.74) is 0.597. The van der Waals surface area contributed by atoms with E-state index in [0.717, 1.165) is 36.1 Å². The van der Waals surface area contributed by atoms with Crippen LogP contribution in [0.5, 0.6) is 0 Å². The summed E-state index contributed by atoms with van der Waals surface area (Å²) >= 11 is 3.36. The van der Waals surface area contributed by atoms with Crippen LogP contribution in [0, 0.1) is 5.92 Å². The first-order valence-electron chi connectivity index (χ1n) is 8.94. The molecule has 2 heterocycles. The second kappa shape index (κ2) is 8.41. The number of pyridine rings is 1. The van der Waals surface area contributed by atoms with Crippen LogP contribution >= 0.6 is 15.9 Å². The molecule has 0 bridgehead atoms. The molecule has 2 aliphatic rings. The van der Waals surface area contributed by atoms with Gasteiger partial charge in [-0.25, -0.2) is 4.98 Å². The Morgan fingerprint density at radius 2 is 2.12 bits per heavy atom. The van der Waals surface area contributed by atoms with Crippen LogP contribution in [0.4, 0.5) is 5.82 Å². The van der Waals surface area contributed by atoms with E-state index in [2.05, 4.69) is 31.1 Å². The van der Waals surface area contributed by atoms with Crippen LogP contribution in [0.1, 0.15) is 48.9 Å². The van der Waals surface area contributed by atoms with Crippen LogP contribution < -0.4 is 10.2 Å². The molecule has 1 aliphatic carbocycles. The van der Waals surface area contributed by atoms with Crippen molar-refractivity contribution in [2.75, 3.05) is 24.6 Å². The third-order valence-electron chi connectivity index (χ3n) is 5.31. The number of halogens is 1. The third kappa shape index (κ3) is 4.16. The lowest BCUT2D eigenvalue weighted by Gasteiger charge is -2.41. The van der Waals surface area contributed by atoms with Gasteiger partial charge in [0.25, 0.3) is 0 Å². The van der Waals surface area contributed by atoms with E-state index in [-0.39, 0.29) is 12.5 Å². The molecule has 0 amide bonds. The number of rotatable bonds is 5. The van der Waals surface area contributed by atoms with Gasteiger partial charge in [-0.1, -0.05) is 19.3 Å². The molecule has 132 valence electrons. The zero-order chi connectivity index (χ0) is 16.9. The lowest BCUT2D eigenvalue weighted by molar-refractivity contribution is 0.112. The van der Waals surface area contributed by atoms with E-state index < -0.39 is 0 Å². The fourth-order valence-corrected chi connectivity index (χ4v) is 4.35. The van der Waals surface area contributed by atoms with Crippen molar-refractivity contribution in [2.24, 2.45) is 5.92 Å². The highest BCUT2D eigenvalue weighted by Gasteiger charge is 2.31. The van der Waals surface area contributed by atoms with Gasteiger partial charge in [-0.05, 0) is 41.3 Å². The van der Waals surface area contributed by atoms with E-state index in [4.69, 9.17) is 0 Å². The quantitative estimate of drug-likeness (QED) is 0.750. The van der Waals surface area contributed by atoms with Crippen molar-refractivity contribution in [1.29, 1.82) is 0 Å². The van der Waals surface area contributed by atoms with E-state index in [1.54, 1.807) is 12.3 Å². The van der Waals surface area contributed by atoms with Gasteiger partial charge < -0.3 is 15.3 Å². The van der Waals surface area contributed by atoms with Gasteiger partial charge in [0.2, 0.25) is 0 Å². The molecule has 1 saturated heterocycles. The Bertz CT molecular complexity index is 563. The number of aromatic nitrogens is 1. The van der Waals surface area contributed by atoms with E-state index in [1.807, 2.05) is 0 Å². The van der Waals surface area contributed by atoms with Crippen molar-refractivity contribution >= 4 is 28.0 Å². The predicted molar refractivity (Wildman–Crippen MR) is 98.5 cm³/mol. The molecule has 1 aromatic rings. The predicted octanol–water partition coefficient (Wildman–Crippen LogP) is 2.77. The first-order chi connectivity index (χ1) is 11.7. The maximum Gasteiger partial charge on any atom is 0.153 e. The summed E-state index contributed by atoms with van der Waals surface area (Å²) in [4.78, 5) is 17.9.